The highest BCUT2D eigenvalue weighted by Gasteiger charge is 2.08. The molecule has 1 amide bonds. The molecule has 0 aliphatic rings. The molecule has 0 saturated heterocycles. The van der Waals surface area contributed by atoms with Gasteiger partial charge in [-0.05, 0) is 31.5 Å². The van der Waals surface area contributed by atoms with Gasteiger partial charge >= 0.3 is 5.69 Å². The van der Waals surface area contributed by atoms with Crippen LogP contribution in [0.25, 0.3) is 0 Å². The SMILES string of the molecule is CCCOc1ccccc1/C=N/NC(=O)c1cc(C)[nH]c(=O)n1. The molecular weight excluding hydrogens is 296 g/mol. The number of H-pyrrole nitrogens is 1. The Morgan fingerprint density at radius 1 is 1.43 bits per heavy atom. The van der Waals surface area contributed by atoms with E-state index >= 15 is 0 Å². The summed E-state index contributed by atoms with van der Waals surface area (Å²) >= 11 is 0. The zero-order valence-electron chi connectivity index (χ0n) is 13.0. The van der Waals surface area contributed by atoms with Gasteiger partial charge in [-0.3, -0.25) is 4.79 Å². The minimum atomic E-state index is -0.572. The van der Waals surface area contributed by atoms with E-state index in [-0.39, 0.29) is 5.69 Å². The number of hydrazone groups is 1. The Kier molecular flexibility index (Phi) is 5.62. The van der Waals surface area contributed by atoms with Gasteiger partial charge in [-0.2, -0.15) is 10.1 Å². The summed E-state index contributed by atoms with van der Waals surface area (Å²) in [6.45, 7) is 4.30. The predicted molar refractivity (Wildman–Crippen MR) is 86.9 cm³/mol. The maximum atomic E-state index is 11.9. The van der Waals surface area contributed by atoms with Crippen LogP contribution in [0.5, 0.6) is 5.75 Å². The Balaban J connectivity index is 2.06. The molecule has 23 heavy (non-hydrogen) atoms. The first-order chi connectivity index (χ1) is 11.1. The van der Waals surface area contributed by atoms with Crippen LogP contribution in [-0.2, 0) is 0 Å². The normalized spacial score (nSPS) is 10.7. The van der Waals surface area contributed by atoms with Crippen molar-refractivity contribution in [3.8, 4) is 5.75 Å². The lowest BCUT2D eigenvalue weighted by Gasteiger charge is -2.07. The number of aromatic amines is 1. The fourth-order valence-corrected chi connectivity index (χ4v) is 1.84. The highest BCUT2D eigenvalue weighted by Crippen LogP contribution is 2.15. The standard InChI is InChI=1S/C16H18N4O3/c1-3-8-23-14-7-5-4-6-12(14)10-17-20-15(21)13-9-11(2)18-16(22)19-13/h4-7,9-10H,3,8H2,1-2H3,(H,20,21)(H,18,19,22)/b17-10+. The summed E-state index contributed by atoms with van der Waals surface area (Å²) < 4.78 is 5.60. The van der Waals surface area contributed by atoms with Gasteiger partial charge in [-0.1, -0.05) is 19.1 Å². The first-order valence-electron chi connectivity index (χ1n) is 7.23. The molecule has 0 spiro atoms. The van der Waals surface area contributed by atoms with E-state index < -0.39 is 11.6 Å². The third-order valence-electron chi connectivity index (χ3n) is 2.86. The monoisotopic (exact) mass is 314 g/mol. The van der Waals surface area contributed by atoms with Gasteiger partial charge in [0.2, 0.25) is 0 Å². The summed E-state index contributed by atoms with van der Waals surface area (Å²) in [7, 11) is 0. The lowest BCUT2D eigenvalue weighted by molar-refractivity contribution is 0.0949. The lowest BCUT2D eigenvalue weighted by Crippen LogP contribution is -2.24. The van der Waals surface area contributed by atoms with Gasteiger partial charge in [0.05, 0.1) is 12.8 Å². The molecule has 1 aromatic heterocycles. The lowest BCUT2D eigenvalue weighted by atomic mass is 10.2. The number of ether oxygens (including phenoxy) is 1. The Bertz CT molecular complexity index is 768. The first-order valence-corrected chi connectivity index (χ1v) is 7.23. The van der Waals surface area contributed by atoms with Gasteiger partial charge in [0.15, 0.2) is 0 Å². The van der Waals surface area contributed by atoms with Crippen molar-refractivity contribution in [2.45, 2.75) is 20.3 Å². The van der Waals surface area contributed by atoms with Crippen LogP contribution in [0.4, 0.5) is 0 Å². The number of hydrogen-bond acceptors (Lipinski definition) is 5. The second-order valence-corrected chi connectivity index (χ2v) is 4.84. The van der Waals surface area contributed by atoms with Crippen LogP contribution in [0, 0.1) is 6.92 Å². The van der Waals surface area contributed by atoms with E-state index in [2.05, 4.69) is 20.5 Å². The Labute approximate surface area is 133 Å². The maximum Gasteiger partial charge on any atom is 0.345 e. The van der Waals surface area contributed by atoms with Crippen LogP contribution >= 0.6 is 0 Å². The molecule has 0 aliphatic carbocycles. The fourth-order valence-electron chi connectivity index (χ4n) is 1.84. The average Bonchev–Trinajstić information content (AvgIpc) is 2.53. The fraction of sp³-hybridized carbons (Fsp3) is 0.250. The molecule has 7 nitrogen and oxygen atoms in total. The number of rotatable bonds is 6. The number of para-hydroxylation sites is 1. The number of carbonyl (C=O) groups is 1. The zero-order valence-corrected chi connectivity index (χ0v) is 13.0. The van der Waals surface area contributed by atoms with Gasteiger partial charge in [-0.15, -0.1) is 0 Å². The van der Waals surface area contributed by atoms with Crippen LogP contribution in [0.1, 0.15) is 35.1 Å². The van der Waals surface area contributed by atoms with Crippen LogP contribution in [0.15, 0.2) is 40.2 Å². The van der Waals surface area contributed by atoms with Crippen molar-refractivity contribution >= 4 is 12.1 Å². The van der Waals surface area contributed by atoms with Crippen LogP contribution in [-0.4, -0.2) is 28.7 Å². The molecule has 1 aromatic carbocycles. The van der Waals surface area contributed by atoms with E-state index in [1.165, 1.54) is 12.3 Å². The second-order valence-electron chi connectivity index (χ2n) is 4.84. The highest BCUT2D eigenvalue weighted by molar-refractivity contribution is 5.93. The van der Waals surface area contributed by atoms with Gasteiger partial charge in [0.1, 0.15) is 11.4 Å². The third kappa shape index (κ3) is 4.77. The van der Waals surface area contributed by atoms with Crippen molar-refractivity contribution in [2.75, 3.05) is 6.61 Å². The molecule has 0 bridgehead atoms. The van der Waals surface area contributed by atoms with E-state index in [0.29, 0.717) is 18.1 Å². The maximum absolute atomic E-state index is 11.9. The van der Waals surface area contributed by atoms with Gasteiger partial charge < -0.3 is 9.72 Å². The Morgan fingerprint density at radius 3 is 2.96 bits per heavy atom. The number of aromatic nitrogens is 2. The number of nitrogens with zero attached hydrogens (tertiary/aromatic N) is 2. The molecule has 0 radical (unpaired) electrons. The molecule has 0 aliphatic heterocycles. The smallest absolute Gasteiger partial charge is 0.345 e. The molecule has 0 saturated carbocycles. The number of benzene rings is 1. The van der Waals surface area contributed by atoms with E-state index in [0.717, 1.165) is 12.0 Å². The van der Waals surface area contributed by atoms with Crippen molar-refractivity contribution in [3.05, 3.63) is 57.8 Å². The second kappa shape index (κ2) is 7.88. The van der Waals surface area contributed by atoms with E-state index in [1.54, 1.807) is 6.92 Å². The molecule has 2 rings (SSSR count). The number of nitrogens with one attached hydrogen (secondary N) is 2. The third-order valence-corrected chi connectivity index (χ3v) is 2.86. The molecule has 7 heteroatoms. The summed E-state index contributed by atoms with van der Waals surface area (Å²) in [5, 5.41) is 3.89. The zero-order chi connectivity index (χ0) is 16.7. The van der Waals surface area contributed by atoms with Crippen LogP contribution < -0.4 is 15.9 Å². The van der Waals surface area contributed by atoms with Crippen molar-refractivity contribution in [1.29, 1.82) is 0 Å². The van der Waals surface area contributed by atoms with Crippen molar-refractivity contribution in [2.24, 2.45) is 5.10 Å². The number of carbonyl (C=O) groups excluding carboxylic acids is 1. The summed E-state index contributed by atoms with van der Waals surface area (Å²) in [5.74, 6) is 0.139. The summed E-state index contributed by atoms with van der Waals surface area (Å²) in [5.41, 5.74) is 3.09. The molecule has 120 valence electrons. The molecule has 0 fully saturated rings. The van der Waals surface area contributed by atoms with E-state index in [4.69, 9.17) is 4.74 Å². The van der Waals surface area contributed by atoms with Gasteiger partial charge in [-0.25, -0.2) is 10.2 Å². The number of aryl methyl sites for hydroxylation is 1. The Morgan fingerprint density at radius 2 is 2.22 bits per heavy atom. The molecule has 0 atom stereocenters. The van der Waals surface area contributed by atoms with Gasteiger partial charge in [0, 0.05) is 11.3 Å². The quantitative estimate of drug-likeness (QED) is 0.625. The van der Waals surface area contributed by atoms with Crippen molar-refractivity contribution < 1.29 is 9.53 Å². The molecule has 1 heterocycles. The largest absolute Gasteiger partial charge is 0.493 e. The van der Waals surface area contributed by atoms with Crippen LogP contribution in [0.3, 0.4) is 0 Å². The topological polar surface area (TPSA) is 96.4 Å². The summed E-state index contributed by atoms with van der Waals surface area (Å²) in [4.78, 5) is 29.2. The first kappa shape index (κ1) is 16.4. The number of amides is 1. The molecule has 2 aromatic rings. The highest BCUT2D eigenvalue weighted by atomic mass is 16.5. The number of hydrogen-bond donors (Lipinski definition) is 2. The minimum Gasteiger partial charge on any atom is -0.493 e. The summed E-state index contributed by atoms with van der Waals surface area (Å²) in [6, 6.07) is 8.86. The van der Waals surface area contributed by atoms with E-state index in [9.17, 15) is 9.59 Å². The minimum absolute atomic E-state index is 0.0129. The van der Waals surface area contributed by atoms with Crippen LogP contribution in [0.2, 0.25) is 0 Å². The molecule has 2 N–H and O–H groups in total. The summed E-state index contributed by atoms with van der Waals surface area (Å²) in [6.07, 6.45) is 2.39. The van der Waals surface area contributed by atoms with E-state index in [1.807, 2.05) is 31.2 Å². The average molecular weight is 314 g/mol. The van der Waals surface area contributed by atoms with Crippen molar-refractivity contribution in [3.63, 3.8) is 0 Å². The molecule has 0 unspecified atom stereocenters. The predicted octanol–water partition coefficient (Wildman–Crippen LogP) is 1.63. The van der Waals surface area contributed by atoms with Crippen molar-refractivity contribution in [1.82, 2.24) is 15.4 Å². The Hall–Kier alpha value is -2.96. The molecular formula is C16H18N4O3. The van der Waals surface area contributed by atoms with Gasteiger partial charge in [0.25, 0.3) is 5.91 Å².